The molecule has 2 heterocycles. The second-order valence-corrected chi connectivity index (χ2v) is 6.70. The first-order valence-corrected chi connectivity index (χ1v) is 7.75. The van der Waals surface area contributed by atoms with Crippen molar-refractivity contribution in [3.63, 3.8) is 0 Å². The highest BCUT2D eigenvalue weighted by Crippen LogP contribution is 2.51. The molecule has 0 radical (unpaired) electrons. The fraction of sp³-hybridized carbons (Fsp3) is 0.667. The van der Waals surface area contributed by atoms with Crippen molar-refractivity contribution < 1.29 is 4.79 Å². The van der Waals surface area contributed by atoms with Gasteiger partial charge >= 0.3 is 5.69 Å². The molecule has 1 saturated heterocycles. The van der Waals surface area contributed by atoms with Gasteiger partial charge in [0.05, 0.1) is 0 Å². The number of likely N-dealkylation sites (tertiary alicyclic amines) is 1. The highest BCUT2D eigenvalue weighted by molar-refractivity contribution is 5.93. The molecule has 1 amide bonds. The average molecular weight is 289 g/mol. The standard InChI is InChI=1S/C15H19N3O3/c19-13-10(5-16-15(21)17-13)14(20)18-6-11-8-1-2-9(4-3-8)12(11)7-18/h5,8-9,11-12H,1-4,6-7H2,(H2,16,17,19,21)/t8?,9?,11-,12+. The first kappa shape index (κ1) is 12.9. The number of hydrogen-bond donors (Lipinski definition) is 2. The van der Waals surface area contributed by atoms with E-state index in [0.29, 0.717) is 11.8 Å². The molecule has 1 aliphatic heterocycles. The van der Waals surface area contributed by atoms with Crippen LogP contribution in [-0.2, 0) is 0 Å². The summed E-state index contributed by atoms with van der Waals surface area (Å²) in [6.45, 7) is 1.53. The van der Waals surface area contributed by atoms with Crippen molar-refractivity contribution in [2.45, 2.75) is 25.7 Å². The van der Waals surface area contributed by atoms with Crippen LogP contribution in [0.1, 0.15) is 36.0 Å². The fourth-order valence-electron chi connectivity index (χ4n) is 4.76. The lowest BCUT2D eigenvalue weighted by Crippen LogP contribution is -2.38. The van der Waals surface area contributed by atoms with Gasteiger partial charge in [0.2, 0.25) is 0 Å². The van der Waals surface area contributed by atoms with Gasteiger partial charge in [-0.1, -0.05) is 0 Å². The van der Waals surface area contributed by atoms with Gasteiger partial charge in [0.15, 0.2) is 0 Å². The Hall–Kier alpha value is -1.85. The van der Waals surface area contributed by atoms with Crippen LogP contribution in [0, 0.1) is 23.7 Å². The van der Waals surface area contributed by atoms with E-state index in [1.54, 1.807) is 0 Å². The number of carbonyl (C=O) groups excluding carboxylic acids is 1. The van der Waals surface area contributed by atoms with E-state index < -0.39 is 11.2 Å². The van der Waals surface area contributed by atoms with Crippen LogP contribution >= 0.6 is 0 Å². The van der Waals surface area contributed by atoms with Gasteiger partial charge in [-0.3, -0.25) is 14.6 Å². The molecular weight excluding hydrogens is 270 g/mol. The number of fused-ring (bicyclic) bond motifs is 2. The molecule has 112 valence electrons. The van der Waals surface area contributed by atoms with E-state index >= 15 is 0 Å². The largest absolute Gasteiger partial charge is 0.338 e. The second-order valence-electron chi connectivity index (χ2n) is 6.70. The average Bonchev–Trinajstić information content (AvgIpc) is 2.95. The number of aromatic amines is 2. The van der Waals surface area contributed by atoms with Gasteiger partial charge in [-0.25, -0.2) is 4.79 Å². The van der Waals surface area contributed by atoms with Crippen molar-refractivity contribution in [3.05, 3.63) is 32.6 Å². The molecule has 0 aromatic carbocycles. The maximum atomic E-state index is 12.5. The lowest BCUT2D eigenvalue weighted by molar-refractivity contribution is 0.0577. The summed E-state index contributed by atoms with van der Waals surface area (Å²) in [6.07, 6.45) is 6.43. The Morgan fingerprint density at radius 2 is 1.62 bits per heavy atom. The number of nitrogens with zero attached hydrogens (tertiary/aromatic N) is 1. The van der Waals surface area contributed by atoms with E-state index in [2.05, 4.69) is 9.97 Å². The normalized spacial score (nSPS) is 34.0. The Kier molecular flexibility index (Phi) is 2.80. The summed E-state index contributed by atoms with van der Waals surface area (Å²) >= 11 is 0. The minimum atomic E-state index is -0.596. The van der Waals surface area contributed by atoms with E-state index in [4.69, 9.17) is 0 Å². The third-order valence-electron chi connectivity index (χ3n) is 5.78. The van der Waals surface area contributed by atoms with Crippen LogP contribution in [0.4, 0.5) is 0 Å². The predicted octanol–water partition coefficient (Wildman–Crippen LogP) is 0.571. The van der Waals surface area contributed by atoms with Gasteiger partial charge in [-0.15, -0.1) is 0 Å². The minimum absolute atomic E-state index is 0.0422. The topological polar surface area (TPSA) is 86.0 Å². The molecule has 6 heteroatoms. The highest BCUT2D eigenvalue weighted by Gasteiger charge is 2.49. The molecule has 4 fully saturated rings. The quantitative estimate of drug-likeness (QED) is 0.792. The summed E-state index contributed by atoms with van der Waals surface area (Å²) in [7, 11) is 0. The first-order chi connectivity index (χ1) is 10.1. The lowest BCUT2D eigenvalue weighted by atomic mass is 9.60. The minimum Gasteiger partial charge on any atom is -0.338 e. The predicted molar refractivity (Wildman–Crippen MR) is 76.0 cm³/mol. The summed E-state index contributed by atoms with van der Waals surface area (Å²) in [5.74, 6) is 2.49. The molecule has 3 aliphatic carbocycles. The van der Waals surface area contributed by atoms with Gasteiger partial charge in [0.25, 0.3) is 11.5 Å². The van der Waals surface area contributed by atoms with Crippen LogP contribution in [0.2, 0.25) is 0 Å². The third-order valence-corrected chi connectivity index (χ3v) is 5.78. The fourth-order valence-corrected chi connectivity index (χ4v) is 4.76. The number of nitrogens with one attached hydrogen (secondary N) is 2. The Morgan fingerprint density at radius 1 is 1.05 bits per heavy atom. The molecule has 0 spiro atoms. The third kappa shape index (κ3) is 1.96. The molecule has 1 aromatic heterocycles. The molecule has 2 N–H and O–H groups in total. The second kappa shape index (κ2) is 4.58. The van der Waals surface area contributed by atoms with E-state index in [1.807, 2.05) is 4.90 Å². The number of rotatable bonds is 1. The number of aromatic nitrogens is 2. The Bertz CT molecular complexity index is 664. The van der Waals surface area contributed by atoms with E-state index in [9.17, 15) is 14.4 Å². The molecule has 2 bridgehead atoms. The number of amides is 1. The number of H-pyrrole nitrogens is 2. The molecule has 5 rings (SSSR count). The highest BCUT2D eigenvalue weighted by atomic mass is 16.2. The maximum absolute atomic E-state index is 12.5. The summed E-state index contributed by atoms with van der Waals surface area (Å²) in [5, 5.41) is 0. The molecule has 6 nitrogen and oxygen atoms in total. The van der Waals surface area contributed by atoms with Crippen LogP contribution in [0.3, 0.4) is 0 Å². The van der Waals surface area contributed by atoms with Gasteiger partial charge in [-0.05, 0) is 49.4 Å². The molecular formula is C15H19N3O3. The van der Waals surface area contributed by atoms with Gasteiger partial charge in [-0.2, -0.15) is 0 Å². The van der Waals surface area contributed by atoms with E-state index in [-0.39, 0.29) is 11.5 Å². The summed E-state index contributed by atoms with van der Waals surface area (Å²) in [4.78, 5) is 41.7. The smallest absolute Gasteiger partial charge is 0.325 e. The summed E-state index contributed by atoms with van der Waals surface area (Å²) in [5.41, 5.74) is -1.13. The van der Waals surface area contributed by atoms with Crippen molar-refractivity contribution >= 4 is 5.91 Å². The SMILES string of the molecule is O=C(c1c[nH]c(=O)[nH]c1=O)N1C[C@@H]2C3CCC(CC3)[C@@H]2C1. The van der Waals surface area contributed by atoms with Crippen molar-refractivity contribution in [3.8, 4) is 0 Å². The van der Waals surface area contributed by atoms with E-state index in [0.717, 1.165) is 24.9 Å². The summed E-state index contributed by atoms with van der Waals surface area (Å²) < 4.78 is 0. The molecule has 2 atom stereocenters. The van der Waals surface area contributed by atoms with Crippen molar-refractivity contribution in [1.82, 2.24) is 14.9 Å². The van der Waals surface area contributed by atoms with Crippen LogP contribution in [0.25, 0.3) is 0 Å². The lowest BCUT2D eigenvalue weighted by Gasteiger charge is -2.44. The molecule has 1 aromatic rings. The molecule has 4 aliphatic rings. The zero-order chi connectivity index (χ0) is 14.6. The van der Waals surface area contributed by atoms with Crippen molar-refractivity contribution in [1.29, 1.82) is 0 Å². The Morgan fingerprint density at radius 3 is 2.14 bits per heavy atom. The molecule has 3 saturated carbocycles. The number of carbonyl (C=O) groups is 1. The summed E-state index contributed by atoms with van der Waals surface area (Å²) in [6, 6.07) is 0. The van der Waals surface area contributed by atoms with Gasteiger partial charge in [0, 0.05) is 19.3 Å². The molecule has 21 heavy (non-hydrogen) atoms. The zero-order valence-corrected chi connectivity index (χ0v) is 11.8. The van der Waals surface area contributed by atoms with Crippen LogP contribution in [0.15, 0.2) is 15.8 Å². The first-order valence-electron chi connectivity index (χ1n) is 7.75. The Balaban J connectivity index is 1.59. The maximum Gasteiger partial charge on any atom is 0.325 e. The van der Waals surface area contributed by atoms with E-state index in [1.165, 1.54) is 31.9 Å². The van der Waals surface area contributed by atoms with Crippen LogP contribution in [0.5, 0.6) is 0 Å². The molecule has 0 unspecified atom stereocenters. The van der Waals surface area contributed by atoms with Crippen molar-refractivity contribution in [2.24, 2.45) is 23.7 Å². The zero-order valence-electron chi connectivity index (χ0n) is 11.8. The van der Waals surface area contributed by atoms with Gasteiger partial charge in [0.1, 0.15) is 5.56 Å². The monoisotopic (exact) mass is 289 g/mol. The number of hydrogen-bond acceptors (Lipinski definition) is 3. The van der Waals surface area contributed by atoms with Crippen LogP contribution in [-0.4, -0.2) is 33.9 Å². The van der Waals surface area contributed by atoms with Crippen LogP contribution < -0.4 is 11.2 Å². The van der Waals surface area contributed by atoms with Gasteiger partial charge < -0.3 is 9.88 Å². The van der Waals surface area contributed by atoms with Crippen molar-refractivity contribution in [2.75, 3.05) is 13.1 Å². The Labute approximate surface area is 121 Å².